The minimum atomic E-state index is -0.249. The number of ether oxygens (including phenoxy) is 1. The summed E-state index contributed by atoms with van der Waals surface area (Å²) in [7, 11) is 0. The van der Waals surface area contributed by atoms with Gasteiger partial charge in [0.05, 0.1) is 12.7 Å². The lowest BCUT2D eigenvalue weighted by Gasteiger charge is -2.10. The van der Waals surface area contributed by atoms with Gasteiger partial charge in [0, 0.05) is 11.1 Å². The average Bonchev–Trinajstić information content (AvgIpc) is 3.03. The Morgan fingerprint density at radius 2 is 1.84 bits per heavy atom. The molecule has 0 atom stereocenters. The van der Waals surface area contributed by atoms with Crippen molar-refractivity contribution in [1.29, 1.82) is 0 Å². The zero-order chi connectivity index (χ0) is 17.6. The molecule has 0 aliphatic rings. The molecule has 0 saturated carbocycles. The number of rotatable bonds is 6. The third-order valence-corrected chi connectivity index (χ3v) is 3.87. The van der Waals surface area contributed by atoms with Crippen molar-refractivity contribution in [1.82, 2.24) is 9.78 Å². The molecular formula is C19H18ClN3O2. The largest absolute Gasteiger partial charge is 0.484 e. The minimum absolute atomic E-state index is 0.0860. The van der Waals surface area contributed by atoms with E-state index in [1.165, 1.54) is 5.56 Å². The van der Waals surface area contributed by atoms with E-state index < -0.39 is 0 Å². The zero-order valence-corrected chi connectivity index (χ0v) is 14.5. The number of nitrogens with one attached hydrogen (secondary N) is 1. The van der Waals surface area contributed by atoms with E-state index in [0.29, 0.717) is 23.1 Å². The Bertz CT molecular complexity index is 842. The van der Waals surface area contributed by atoms with Crippen molar-refractivity contribution in [3.05, 3.63) is 76.9 Å². The maximum Gasteiger partial charge on any atom is 0.263 e. The van der Waals surface area contributed by atoms with Crippen LogP contribution in [0.2, 0.25) is 5.02 Å². The van der Waals surface area contributed by atoms with E-state index in [2.05, 4.69) is 22.5 Å². The van der Waals surface area contributed by atoms with Crippen molar-refractivity contribution >= 4 is 23.3 Å². The highest BCUT2D eigenvalue weighted by molar-refractivity contribution is 6.30. The van der Waals surface area contributed by atoms with Gasteiger partial charge in [-0.15, -0.1) is 0 Å². The van der Waals surface area contributed by atoms with Crippen LogP contribution in [0.3, 0.4) is 0 Å². The van der Waals surface area contributed by atoms with Gasteiger partial charge in [0.25, 0.3) is 5.91 Å². The summed E-state index contributed by atoms with van der Waals surface area (Å²) in [5, 5.41) is 7.70. The molecule has 2 aromatic carbocycles. The predicted molar refractivity (Wildman–Crippen MR) is 98.1 cm³/mol. The molecule has 3 aromatic rings. The topological polar surface area (TPSA) is 56.2 Å². The fourth-order valence-electron chi connectivity index (χ4n) is 2.29. The fraction of sp³-hybridized carbons (Fsp3) is 0.158. The first kappa shape index (κ1) is 17.0. The Morgan fingerprint density at radius 3 is 2.56 bits per heavy atom. The van der Waals surface area contributed by atoms with E-state index in [9.17, 15) is 4.79 Å². The van der Waals surface area contributed by atoms with Crippen LogP contribution in [0.4, 0.5) is 5.82 Å². The Kier molecular flexibility index (Phi) is 5.36. The van der Waals surface area contributed by atoms with Crippen LogP contribution in [0.15, 0.2) is 60.8 Å². The van der Waals surface area contributed by atoms with Crippen LogP contribution in [0.5, 0.6) is 5.75 Å². The second kappa shape index (κ2) is 7.85. The molecule has 6 heteroatoms. The summed E-state index contributed by atoms with van der Waals surface area (Å²) >= 11 is 5.82. The fourth-order valence-corrected chi connectivity index (χ4v) is 2.42. The van der Waals surface area contributed by atoms with E-state index in [-0.39, 0.29) is 12.5 Å². The van der Waals surface area contributed by atoms with E-state index in [1.54, 1.807) is 41.2 Å². The summed E-state index contributed by atoms with van der Waals surface area (Å²) < 4.78 is 7.18. The number of hydrogen-bond acceptors (Lipinski definition) is 3. The molecule has 0 aliphatic carbocycles. The van der Waals surface area contributed by atoms with Crippen molar-refractivity contribution in [2.45, 2.75) is 13.5 Å². The van der Waals surface area contributed by atoms with Gasteiger partial charge in [-0.1, -0.05) is 41.4 Å². The van der Waals surface area contributed by atoms with E-state index in [4.69, 9.17) is 16.3 Å². The van der Waals surface area contributed by atoms with Gasteiger partial charge >= 0.3 is 0 Å². The highest BCUT2D eigenvalue weighted by atomic mass is 35.5. The number of carbonyl (C=O) groups is 1. The van der Waals surface area contributed by atoms with Crippen LogP contribution in [0.1, 0.15) is 11.1 Å². The van der Waals surface area contributed by atoms with Crippen molar-refractivity contribution in [3.63, 3.8) is 0 Å². The molecular weight excluding hydrogens is 338 g/mol. The zero-order valence-electron chi connectivity index (χ0n) is 13.8. The first-order chi connectivity index (χ1) is 12.1. The molecule has 0 fully saturated rings. The average molecular weight is 356 g/mol. The molecule has 1 heterocycles. The maximum absolute atomic E-state index is 12.1. The SMILES string of the molecule is Cc1ccc(Cn2nccc2NC(=O)COc2ccc(Cl)cc2)cc1. The van der Waals surface area contributed by atoms with Crippen molar-refractivity contribution in [2.75, 3.05) is 11.9 Å². The van der Waals surface area contributed by atoms with Crippen LogP contribution in [0.25, 0.3) is 0 Å². The van der Waals surface area contributed by atoms with Gasteiger partial charge in [-0.3, -0.25) is 4.79 Å². The number of amides is 1. The van der Waals surface area contributed by atoms with Crippen molar-refractivity contribution in [2.24, 2.45) is 0 Å². The molecule has 5 nitrogen and oxygen atoms in total. The monoisotopic (exact) mass is 355 g/mol. The van der Waals surface area contributed by atoms with E-state index in [1.807, 2.05) is 19.1 Å². The van der Waals surface area contributed by atoms with Crippen LogP contribution < -0.4 is 10.1 Å². The number of anilines is 1. The van der Waals surface area contributed by atoms with Gasteiger partial charge in [0.2, 0.25) is 0 Å². The standard InChI is InChI=1S/C19H18ClN3O2/c1-14-2-4-15(5-3-14)12-23-18(10-11-21-23)22-19(24)13-25-17-8-6-16(20)7-9-17/h2-11H,12-13H2,1H3,(H,22,24). The molecule has 25 heavy (non-hydrogen) atoms. The smallest absolute Gasteiger partial charge is 0.263 e. The number of benzene rings is 2. The Balaban J connectivity index is 1.57. The predicted octanol–water partition coefficient (Wildman–Crippen LogP) is 3.91. The second-order valence-electron chi connectivity index (χ2n) is 5.65. The third kappa shape index (κ3) is 4.84. The van der Waals surface area contributed by atoms with E-state index >= 15 is 0 Å². The molecule has 0 unspecified atom stereocenters. The number of halogens is 1. The maximum atomic E-state index is 12.1. The number of aryl methyl sites for hydroxylation is 1. The Hall–Kier alpha value is -2.79. The summed E-state index contributed by atoms with van der Waals surface area (Å²) in [4.78, 5) is 12.1. The molecule has 128 valence electrons. The van der Waals surface area contributed by atoms with Gasteiger partial charge in [0.1, 0.15) is 11.6 Å². The highest BCUT2D eigenvalue weighted by Gasteiger charge is 2.09. The normalized spacial score (nSPS) is 10.5. The molecule has 0 radical (unpaired) electrons. The molecule has 0 bridgehead atoms. The van der Waals surface area contributed by atoms with Gasteiger partial charge in [-0.2, -0.15) is 5.10 Å². The van der Waals surface area contributed by atoms with Crippen molar-refractivity contribution in [3.8, 4) is 5.75 Å². The summed E-state index contributed by atoms with van der Waals surface area (Å²) in [5.74, 6) is 0.971. The molecule has 3 rings (SSSR count). The number of hydrogen-bond donors (Lipinski definition) is 1. The second-order valence-corrected chi connectivity index (χ2v) is 6.09. The number of aromatic nitrogens is 2. The Labute approximate surface area is 151 Å². The molecule has 0 spiro atoms. The lowest BCUT2D eigenvalue weighted by atomic mass is 10.1. The van der Waals surface area contributed by atoms with Gasteiger partial charge in [-0.05, 0) is 36.8 Å². The van der Waals surface area contributed by atoms with Crippen LogP contribution >= 0.6 is 11.6 Å². The quantitative estimate of drug-likeness (QED) is 0.729. The third-order valence-electron chi connectivity index (χ3n) is 3.62. The summed E-state index contributed by atoms with van der Waals surface area (Å²) in [6.07, 6.45) is 1.66. The molecule has 1 amide bonds. The number of nitrogens with zero attached hydrogens (tertiary/aromatic N) is 2. The highest BCUT2D eigenvalue weighted by Crippen LogP contribution is 2.16. The van der Waals surface area contributed by atoms with Gasteiger partial charge in [0.15, 0.2) is 6.61 Å². The van der Waals surface area contributed by atoms with Crippen molar-refractivity contribution < 1.29 is 9.53 Å². The first-order valence-corrected chi connectivity index (χ1v) is 8.23. The molecule has 0 saturated heterocycles. The first-order valence-electron chi connectivity index (χ1n) is 7.86. The van der Waals surface area contributed by atoms with Crippen LogP contribution in [-0.2, 0) is 11.3 Å². The summed E-state index contributed by atoms with van der Waals surface area (Å²) in [6, 6.07) is 16.8. The number of carbonyl (C=O) groups excluding carboxylic acids is 1. The lowest BCUT2D eigenvalue weighted by Crippen LogP contribution is -2.22. The lowest BCUT2D eigenvalue weighted by molar-refractivity contribution is -0.118. The van der Waals surface area contributed by atoms with Crippen LogP contribution in [-0.4, -0.2) is 22.3 Å². The molecule has 0 aliphatic heterocycles. The molecule has 1 N–H and O–H groups in total. The van der Waals surface area contributed by atoms with Crippen LogP contribution in [0, 0.1) is 6.92 Å². The summed E-state index contributed by atoms with van der Waals surface area (Å²) in [6.45, 7) is 2.54. The Morgan fingerprint density at radius 1 is 1.12 bits per heavy atom. The molecule has 1 aromatic heterocycles. The summed E-state index contributed by atoms with van der Waals surface area (Å²) in [5.41, 5.74) is 2.32. The minimum Gasteiger partial charge on any atom is -0.484 e. The van der Waals surface area contributed by atoms with E-state index in [0.717, 1.165) is 5.56 Å². The van der Waals surface area contributed by atoms with Gasteiger partial charge in [-0.25, -0.2) is 4.68 Å². The van der Waals surface area contributed by atoms with Gasteiger partial charge < -0.3 is 10.1 Å².